The molecule has 0 aliphatic carbocycles. The van der Waals surface area contributed by atoms with Gasteiger partial charge in [0.15, 0.2) is 0 Å². The van der Waals surface area contributed by atoms with Crippen LogP contribution in [0.3, 0.4) is 0 Å². The Hall–Kier alpha value is -5.61. The van der Waals surface area contributed by atoms with Crippen molar-refractivity contribution in [3.8, 4) is 22.5 Å². The second-order valence-corrected chi connectivity index (χ2v) is 18.0. The van der Waals surface area contributed by atoms with Crippen LogP contribution in [0.1, 0.15) is 49.9 Å². The van der Waals surface area contributed by atoms with Gasteiger partial charge < -0.3 is 9.80 Å². The summed E-state index contributed by atoms with van der Waals surface area (Å²) < 4.78 is 4.87. The monoisotopic (exact) mass is 938 g/mol. The van der Waals surface area contributed by atoms with E-state index in [0.29, 0.717) is 0 Å². The third kappa shape index (κ3) is 8.27. The standard InChI is InChI=1S/C26H20Br2N2.C26H22N2.BHNS/c1-26(2)21-14-18(27)8-12-24(21)30(25-13-9-19(28)15-22(25)26)20-10-11-23(29-16-20)17-6-4-3-5-7-17;1-26(2)21-12-6-8-14-24(21)28(25-15-9-7-13-22(25)26)20-16-17-23(27-18-20)19-10-4-3-5-11-19;1-2-3/h3-16H,1-2H3;3-18H,1-2H3;3H. The summed E-state index contributed by atoms with van der Waals surface area (Å²) in [5.41, 5.74) is 16.3. The van der Waals surface area contributed by atoms with Crippen molar-refractivity contribution >= 4 is 86.4 Å². The summed E-state index contributed by atoms with van der Waals surface area (Å²) in [4.78, 5) is 14.2. The van der Waals surface area contributed by atoms with Crippen LogP contribution in [-0.4, -0.2) is 17.6 Å². The molecule has 0 atom stereocenters. The van der Waals surface area contributed by atoms with Crippen LogP contribution in [0, 0.1) is 0 Å². The van der Waals surface area contributed by atoms with Crippen LogP contribution >= 0.6 is 44.7 Å². The molecule has 0 unspecified atom stereocenters. The number of hydrogen-bond acceptors (Lipinski definition) is 6. The number of fused-ring (bicyclic) bond motifs is 4. The third-order valence-corrected chi connectivity index (χ3v) is 12.5. The van der Waals surface area contributed by atoms with Gasteiger partial charge in [0, 0.05) is 30.9 Å². The van der Waals surface area contributed by atoms with E-state index in [-0.39, 0.29) is 10.8 Å². The number of benzene rings is 6. The summed E-state index contributed by atoms with van der Waals surface area (Å²) in [6.07, 6.45) is 3.95. The number of anilines is 6. The average molecular weight is 941 g/mol. The molecule has 0 spiro atoms. The summed E-state index contributed by atoms with van der Waals surface area (Å²) >= 11 is 10.5. The molecule has 5 nitrogen and oxygen atoms in total. The first-order valence-corrected chi connectivity index (χ1v) is 22.0. The number of para-hydroxylation sites is 2. The van der Waals surface area contributed by atoms with E-state index in [2.05, 4.69) is 228 Å². The molecule has 2 aromatic heterocycles. The SMILES string of the molecule is CC1(C)c2cc(Br)ccc2N(c2ccc(-c3ccccc3)nc2)c2ccc(Br)cc21.CC1(C)c2ccccc2N(c2ccc(-c3ccccc3)nc2)c2ccccc21.[B]=NS. The van der Waals surface area contributed by atoms with Crippen molar-refractivity contribution in [1.82, 2.24) is 9.97 Å². The minimum absolute atomic E-state index is 0.0406. The number of aromatic nitrogens is 2. The summed E-state index contributed by atoms with van der Waals surface area (Å²) in [5.74, 6) is 0. The van der Waals surface area contributed by atoms with Gasteiger partial charge in [-0.25, -0.2) is 0 Å². The van der Waals surface area contributed by atoms with Gasteiger partial charge >= 0.3 is 24.8 Å². The Morgan fingerprint density at radius 2 is 0.803 bits per heavy atom. The van der Waals surface area contributed by atoms with Gasteiger partial charge in [-0.3, -0.25) is 9.97 Å². The molecule has 4 heterocycles. The molecule has 2 aliphatic rings. The van der Waals surface area contributed by atoms with Crippen molar-refractivity contribution < 1.29 is 0 Å². The van der Waals surface area contributed by atoms with Crippen molar-refractivity contribution in [3.63, 3.8) is 0 Å². The van der Waals surface area contributed by atoms with Gasteiger partial charge in [0.05, 0.1) is 57.9 Å². The Kier molecular flexibility index (Phi) is 12.3. The fourth-order valence-corrected chi connectivity index (χ4v) is 9.23. The summed E-state index contributed by atoms with van der Waals surface area (Å²) in [7, 11) is 4.34. The van der Waals surface area contributed by atoms with E-state index >= 15 is 0 Å². The van der Waals surface area contributed by atoms with Gasteiger partial charge in [0.1, 0.15) is 0 Å². The average Bonchev–Trinajstić information content (AvgIpc) is 3.29. The topological polar surface area (TPSA) is 44.6 Å². The number of nitrogens with zero attached hydrogens (tertiary/aromatic N) is 5. The molecule has 0 N–H and O–H groups in total. The Morgan fingerprint density at radius 3 is 1.18 bits per heavy atom. The van der Waals surface area contributed by atoms with Crippen LogP contribution in [0.4, 0.5) is 34.1 Å². The van der Waals surface area contributed by atoms with Crippen LogP contribution in [0.2, 0.25) is 0 Å². The van der Waals surface area contributed by atoms with E-state index in [1.165, 1.54) is 45.0 Å². The maximum absolute atomic E-state index is 4.78. The number of thiol groups is 1. The fraction of sp³-hybridized carbons (Fsp3) is 0.115. The Morgan fingerprint density at radius 1 is 0.459 bits per heavy atom. The molecule has 1 radical (unpaired) electrons. The van der Waals surface area contributed by atoms with Crippen molar-refractivity contribution in [2.45, 2.75) is 38.5 Å². The van der Waals surface area contributed by atoms with Crippen molar-refractivity contribution in [3.05, 3.63) is 213 Å². The second-order valence-electron chi connectivity index (χ2n) is 15.9. The molecule has 10 rings (SSSR count). The van der Waals surface area contributed by atoms with Crippen LogP contribution in [-0.2, 0) is 10.8 Å². The second kappa shape index (κ2) is 17.8. The van der Waals surface area contributed by atoms with Gasteiger partial charge in [-0.2, -0.15) is 0 Å². The molecule has 8 aromatic rings. The molecular formula is C52H43BBr2N5S. The van der Waals surface area contributed by atoms with E-state index in [9.17, 15) is 0 Å². The van der Waals surface area contributed by atoms with E-state index < -0.39 is 0 Å². The molecule has 0 amide bonds. The van der Waals surface area contributed by atoms with Crippen LogP contribution in [0.15, 0.2) is 195 Å². The van der Waals surface area contributed by atoms with E-state index in [1.54, 1.807) is 0 Å². The zero-order chi connectivity index (χ0) is 42.7. The van der Waals surface area contributed by atoms with Crippen molar-refractivity contribution in [2.24, 2.45) is 4.30 Å². The molecular weight excluding hydrogens is 897 g/mol. The Balaban J connectivity index is 0.000000159. The van der Waals surface area contributed by atoms with E-state index in [4.69, 9.17) is 9.97 Å². The first-order valence-electron chi connectivity index (χ1n) is 20.0. The van der Waals surface area contributed by atoms with Gasteiger partial charge in [-0.15, -0.1) is 0 Å². The maximum atomic E-state index is 4.78. The van der Waals surface area contributed by atoms with E-state index in [0.717, 1.165) is 42.8 Å². The first kappa shape index (κ1) is 42.1. The normalized spacial score (nSPS) is 13.7. The molecule has 2 aliphatic heterocycles. The molecule has 0 bridgehead atoms. The number of pyridine rings is 2. The predicted molar refractivity (Wildman–Crippen MR) is 266 cm³/mol. The quantitative estimate of drug-likeness (QED) is 0.141. The number of hydrogen-bond donors (Lipinski definition) is 1. The van der Waals surface area contributed by atoms with Crippen molar-refractivity contribution in [1.29, 1.82) is 0 Å². The molecule has 6 aromatic carbocycles. The zero-order valence-corrected chi connectivity index (χ0v) is 38.4. The zero-order valence-electron chi connectivity index (χ0n) is 34.3. The summed E-state index contributed by atoms with van der Waals surface area (Å²) in [6, 6.07) is 59.6. The van der Waals surface area contributed by atoms with Gasteiger partial charge in [-0.1, -0.05) is 157 Å². The van der Waals surface area contributed by atoms with Gasteiger partial charge in [-0.05, 0) is 95.1 Å². The first-order chi connectivity index (χ1) is 29.5. The number of rotatable bonds is 4. The predicted octanol–water partition coefficient (Wildman–Crippen LogP) is 15.4. The van der Waals surface area contributed by atoms with Gasteiger partial charge in [0.2, 0.25) is 0 Å². The van der Waals surface area contributed by atoms with E-state index in [1.807, 2.05) is 48.8 Å². The third-order valence-electron chi connectivity index (χ3n) is 11.5. The van der Waals surface area contributed by atoms with Crippen LogP contribution in [0.25, 0.3) is 22.5 Å². The molecule has 299 valence electrons. The summed E-state index contributed by atoms with van der Waals surface area (Å²) in [6.45, 7) is 9.19. The van der Waals surface area contributed by atoms with Crippen molar-refractivity contribution in [2.75, 3.05) is 9.80 Å². The Labute approximate surface area is 382 Å². The van der Waals surface area contributed by atoms with Crippen LogP contribution < -0.4 is 9.80 Å². The Bertz CT molecular complexity index is 2710. The van der Waals surface area contributed by atoms with Crippen LogP contribution in [0.5, 0.6) is 0 Å². The number of halogens is 2. The minimum atomic E-state index is -0.119. The molecule has 9 heteroatoms. The molecule has 61 heavy (non-hydrogen) atoms. The fourth-order valence-electron chi connectivity index (χ4n) is 8.50. The summed E-state index contributed by atoms with van der Waals surface area (Å²) in [5, 5.41) is 0. The molecule has 0 fully saturated rings. The van der Waals surface area contributed by atoms with Gasteiger partial charge in [0.25, 0.3) is 0 Å². The molecule has 0 saturated heterocycles. The molecule has 0 saturated carbocycles.